The first kappa shape index (κ1) is 20.4. The molecule has 0 aromatic heterocycles. The van der Waals surface area contributed by atoms with Crippen LogP contribution in [-0.4, -0.2) is 29.0 Å². The lowest BCUT2D eigenvalue weighted by Gasteiger charge is -2.09. The van der Waals surface area contributed by atoms with Gasteiger partial charge in [-0.15, -0.1) is 5.92 Å². The van der Waals surface area contributed by atoms with Gasteiger partial charge in [-0.1, -0.05) is 77.1 Å². The van der Waals surface area contributed by atoms with Gasteiger partial charge in [-0.3, -0.25) is 0 Å². The molecule has 0 aliphatic carbocycles. The summed E-state index contributed by atoms with van der Waals surface area (Å²) in [6, 6.07) is -0.644. The van der Waals surface area contributed by atoms with Crippen molar-refractivity contribution in [1.82, 2.24) is 0 Å². The van der Waals surface area contributed by atoms with Gasteiger partial charge in [0.2, 0.25) is 0 Å². The van der Waals surface area contributed by atoms with Gasteiger partial charge in [0.25, 0.3) is 0 Å². The highest BCUT2D eigenvalue weighted by Gasteiger charge is 2.09. The summed E-state index contributed by atoms with van der Waals surface area (Å²) in [5, 5.41) is 18.2. The van der Waals surface area contributed by atoms with Crippen LogP contribution in [0.25, 0.3) is 0 Å². The normalized spacial score (nSPS) is 13.5. The van der Waals surface area contributed by atoms with Gasteiger partial charge < -0.3 is 15.9 Å². The van der Waals surface area contributed by atoms with E-state index in [0.29, 0.717) is 0 Å². The quantitative estimate of drug-likeness (QED) is 0.361. The predicted molar refractivity (Wildman–Crippen MR) is 89.9 cm³/mol. The summed E-state index contributed by atoms with van der Waals surface area (Å²) < 4.78 is 0. The third kappa shape index (κ3) is 14.2. The number of nitrogens with two attached hydrogens (primary N) is 1. The lowest BCUT2D eigenvalue weighted by Crippen LogP contribution is -2.36. The Morgan fingerprint density at radius 2 is 1.33 bits per heavy atom. The van der Waals surface area contributed by atoms with Gasteiger partial charge in [-0.05, 0) is 6.42 Å². The monoisotopic (exact) mass is 297 g/mol. The SMILES string of the molecule is CCCCCCCCCCCCCC#C[C@@H](O)[C@@H](N)CO. The molecule has 2 atom stereocenters. The molecule has 0 heterocycles. The standard InChI is InChI=1S/C18H35NO2/c1-2-3-4-5-6-7-8-9-10-11-12-13-14-15-18(21)17(19)16-20/h17-18,20-21H,2-13,16,19H2,1H3/t17-,18+/m0/s1. The Kier molecular flexibility index (Phi) is 15.4. The molecule has 0 spiro atoms. The van der Waals surface area contributed by atoms with Gasteiger partial charge in [0.1, 0.15) is 6.10 Å². The van der Waals surface area contributed by atoms with Crippen molar-refractivity contribution >= 4 is 0 Å². The Bertz CT molecular complexity index is 270. The molecule has 4 N–H and O–H groups in total. The highest BCUT2D eigenvalue weighted by Crippen LogP contribution is 2.11. The molecule has 3 nitrogen and oxygen atoms in total. The van der Waals surface area contributed by atoms with E-state index in [1.165, 1.54) is 64.2 Å². The topological polar surface area (TPSA) is 66.5 Å². The van der Waals surface area contributed by atoms with Crippen molar-refractivity contribution < 1.29 is 10.2 Å². The summed E-state index contributed by atoms with van der Waals surface area (Å²) in [4.78, 5) is 0. The van der Waals surface area contributed by atoms with Gasteiger partial charge >= 0.3 is 0 Å². The van der Waals surface area contributed by atoms with Crippen molar-refractivity contribution in [2.75, 3.05) is 6.61 Å². The molecule has 0 radical (unpaired) electrons. The Morgan fingerprint density at radius 1 is 0.857 bits per heavy atom. The number of hydrogen-bond acceptors (Lipinski definition) is 3. The molecule has 0 aromatic rings. The van der Waals surface area contributed by atoms with E-state index in [4.69, 9.17) is 10.8 Å². The summed E-state index contributed by atoms with van der Waals surface area (Å²) in [5.74, 6) is 5.63. The first-order valence-corrected chi connectivity index (χ1v) is 8.75. The number of aliphatic hydroxyl groups excluding tert-OH is 2. The van der Waals surface area contributed by atoms with Crippen molar-refractivity contribution in [3.05, 3.63) is 0 Å². The van der Waals surface area contributed by atoms with Crippen molar-refractivity contribution in [2.45, 2.75) is 96.1 Å². The van der Waals surface area contributed by atoms with Gasteiger partial charge in [0, 0.05) is 6.42 Å². The van der Waals surface area contributed by atoms with E-state index in [1.807, 2.05) is 0 Å². The molecule has 0 bridgehead atoms. The van der Waals surface area contributed by atoms with Crippen molar-refractivity contribution in [3.63, 3.8) is 0 Å². The summed E-state index contributed by atoms with van der Waals surface area (Å²) in [7, 11) is 0. The Morgan fingerprint density at radius 3 is 1.81 bits per heavy atom. The summed E-state index contributed by atoms with van der Waals surface area (Å²) in [5.41, 5.74) is 5.46. The average molecular weight is 297 g/mol. The lowest BCUT2D eigenvalue weighted by molar-refractivity contribution is 0.150. The number of unbranched alkanes of at least 4 members (excludes halogenated alkanes) is 11. The van der Waals surface area contributed by atoms with Gasteiger partial charge in [0.15, 0.2) is 0 Å². The molecular weight excluding hydrogens is 262 g/mol. The second-order valence-corrected chi connectivity index (χ2v) is 5.90. The minimum absolute atomic E-state index is 0.228. The second-order valence-electron chi connectivity index (χ2n) is 5.90. The van der Waals surface area contributed by atoms with Crippen LogP contribution < -0.4 is 5.73 Å². The molecular formula is C18H35NO2. The number of hydrogen-bond donors (Lipinski definition) is 3. The average Bonchev–Trinajstić information content (AvgIpc) is 2.50. The molecule has 0 aliphatic heterocycles. The van der Waals surface area contributed by atoms with Gasteiger partial charge in [-0.25, -0.2) is 0 Å². The zero-order chi connectivity index (χ0) is 15.8. The van der Waals surface area contributed by atoms with Gasteiger partial charge in [-0.2, -0.15) is 0 Å². The van der Waals surface area contributed by atoms with Crippen LogP contribution in [0.1, 0.15) is 84.0 Å². The van der Waals surface area contributed by atoms with E-state index in [-0.39, 0.29) is 6.61 Å². The van der Waals surface area contributed by atoms with E-state index in [2.05, 4.69) is 18.8 Å². The van der Waals surface area contributed by atoms with E-state index < -0.39 is 12.1 Å². The number of rotatable bonds is 13. The molecule has 0 fully saturated rings. The maximum Gasteiger partial charge on any atom is 0.131 e. The molecule has 0 saturated carbocycles. The minimum Gasteiger partial charge on any atom is -0.395 e. The highest BCUT2D eigenvalue weighted by molar-refractivity contribution is 5.07. The van der Waals surface area contributed by atoms with E-state index in [1.54, 1.807) is 0 Å². The smallest absolute Gasteiger partial charge is 0.131 e. The van der Waals surface area contributed by atoms with Crippen LogP contribution in [0.5, 0.6) is 0 Å². The molecule has 3 heteroatoms. The highest BCUT2D eigenvalue weighted by atomic mass is 16.3. The zero-order valence-corrected chi connectivity index (χ0v) is 13.8. The lowest BCUT2D eigenvalue weighted by atomic mass is 10.1. The minimum atomic E-state index is -0.900. The van der Waals surface area contributed by atoms with E-state index in [0.717, 1.165) is 12.8 Å². The molecule has 0 saturated heterocycles. The van der Waals surface area contributed by atoms with Crippen LogP contribution in [0.15, 0.2) is 0 Å². The Balaban J connectivity index is 3.24. The fourth-order valence-electron chi connectivity index (χ4n) is 2.26. The van der Waals surface area contributed by atoms with Crippen molar-refractivity contribution in [2.24, 2.45) is 5.73 Å². The molecule has 0 amide bonds. The Hall–Kier alpha value is -0.560. The largest absolute Gasteiger partial charge is 0.395 e. The van der Waals surface area contributed by atoms with Crippen LogP contribution in [0.2, 0.25) is 0 Å². The Labute approximate surface area is 131 Å². The summed E-state index contributed by atoms with van der Waals surface area (Å²) in [6.07, 6.45) is 14.5. The summed E-state index contributed by atoms with van der Waals surface area (Å²) >= 11 is 0. The first-order chi connectivity index (χ1) is 10.2. The molecule has 21 heavy (non-hydrogen) atoms. The fourth-order valence-corrected chi connectivity index (χ4v) is 2.26. The second kappa shape index (κ2) is 15.8. The first-order valence-electron chi connectivity index (χ1n) is 8.75. The molecule has 0 aromatic carbocycles. The van der Waals surface area contributed by atoms with Crippen LogP contribution in [0, 0.1) is 11.8 Å². The van der Waals surface area contributed by atoms with Crippen LogP contribution in [0.3, 0.4) is 0 Å². The van der Waals surface area contributed by atoms with E-state index >= 15 is 0 Å². The van der Waals surface area contributed by atoms with Crippen LogP contribution >= 0.6 is 0 Å². The third-order valence-corrected chi connectivity index (χ3v) is 3.77. The summed E-state index contributed by atoms with van der Waals surface area (Å²) in [6.45, 7) is 2.03. The predicted octanol–water partition coefficient (Wildman–Crippen LogP) is 3.37. The zero-order valence-electron chi connectivity index (χ0n) is 13.8. The van der Waals surface area contributed by atoms with Crippen LogP contribution in [-0.2, 0) is 0 Å². The van der Waals surface area contributed by atoms with E-state index in [9.17, 15) is 5.11 Å². The molecule has 0 unspecified atom stereocenters. The fraction of sp³-hybridized carbons (Fsp3) is 0.889. The maximum atomic E-state index is 9.44. The van der Waals surface area contributed by atoms with Crippen molar-refractivity contribution in [3.8, 4) is 11.8 Å². The molecule has 0 aliphatic rings. The van der Waals surface area contributed by atoms with Crippen LogP contribution in [0.4, 0.5) is 0 Å². The third-order valence-electron chi connectivity index (χ3n) is 3.77. The van der Waals surface area contributed by atoms with Crippen molar-refractivity contribution in [1.29, 1.82) is 0 Å². The van der Waals surface area contributed by atoms with Gasteiger partial charge in [0.05, 0.1) is 12.6 Å². The maximum absolute atomic E-state index is 9.44. The molecule has 124 valence electrons. The molecule has 0 rings (SSSR count). The number of aliphatic hydroxyl groups is 2.